The number of nitrogens with one attached hydrogen (secondary N) is 2. The normalized spacial score (nSPS) is 13.4. The molecule has 0 aliphatic carbocycles. The molecule has 0 atom stereocenters. The number of para-hydroxylation sites is 2. The third-order valence-corrected chi connectivity index (χ3v) is 4.82. The van der Waals surface area contributed by atoms with Gasteiger partial charge in [-0.3, -0.25) is 0 Å². The highest BCUT2D eigenvalue weighted by Crippen LogP contribution is 2.27. The Morgan fingerprint density at radius 1 is 0.929 bits per heavy atom. The minimum absolute atomic E-state index is 0.528. The molecule has 0 saturated carbocycles. The molecule has 1 aromatic heterocycles. The van der Waals surface area contributed by atoms with Crippen LogP contribution in [0.2, 0.25) is 0 Å². The molecule has 1 aliphatic heterocycles. The lowest BCUT2D eigenvalue weighted by atomic mass is 10.2. The van der Waals surface area contributed by atoms with Crippen LogP contribution in [0.1, 0.15) is 18.5 Å². The Hall–Kier alpha value is -3.28. The second kappa shape index (κ2) is 8.17. The third-order valence-electron chi connectivity index (χ3n) is 4.82. The van der Waals surface area contributed by atoms with Gasteiger partial charge in [0.25, 0.3) is 0 Å². The van der Waals surface area contributed by atoms with Crippen LogP contribution in [0.5, 0.6) is 5.75 Å². The second-order valence-electron chi connectivity index (χ2n) is 6.91. The van der Waals surface area contributed by atoms with E-state index in [1.54, 1.807) is 7.11 Å². The van der Waals surface area contributed by atoms with Gasteiger partial charge in [-0.25, -0.2) is 4.98 Å². The van der Waals surface area contributed by atoms with E-state index in [0.717, 1.165) is 41.7 Å². The summed E-state index contributed by atoms with van der Waals surface area (Å²) in [6, 6.07) is 18.2. The number of nitrogens with zero attached hydrogens (tertiary/aromatic N) is 3. The van der Waals surface area contributed by atoms with Crippen LogP contribution in [0.4, 0.5) is 28.8 Å². The van der Waals surface area contributed by atoms with Gasteiger partial charge >= 0.3 is 0 Å². The summed E-state index contributed by atoms with van der Waals surface area (Å²) in [5, 5.41) is 6.62. The van der Waals surface area contributed by atoms with Gasteiger partial charge in [0.15, 0.2) is 0 Å². The first-order chi connectivity index (χ1) is 13.7. The van der Waals surface area contributed by atoms with Crippen LogP contribution < -0.4 is 20.3 Å². The zero-order valence-electron chi connectivity index (χ0n) is 16.3. The maximum absolute atomic E-state index is 5.39. The lowest BCUT2D eigenvalue weighted by molar-refractivity contribution is 0.417. The summed E-state index contributed by atoms with van der Waals surface area (Å²) in [4.78, 5) is 11.5. The quantitative estimate of drug-likeness (QED) is 0.640. The summed E-state index contributed by atoms with van der Waals surface area (Å²) in [5.74, 6) is 2.03. The van der Waals surface area contributed by atoms with Crippen molar-refractivity contribution in [2.24, 2.45) is 0 Å². The molecule has 2 N–H and O–H groups in total. The molecule has 1 fully saturated rings. The molecule has 2 aromatic carbocycles. The molecule has 0 bridgehead atoms. The van der Waals surface area contributed by atoms with E-state index >= 15 is 0 Å². The Kier molecular flexibility index (Phi) is 5.28. The Labute approximate surface area is 165 Å². The van der Waals surface area contributed by atoms with Crippen LogP contribution in [0.15, 0.2) is 54.6 Å². The van der Waals surface area contributed by atoms with E-state index in [-0.39, 0.29) is 0 Å². The molecule has 0 spiro atoms. The zero-order valence-corrected chi connectivity index (χ0v) is 16.3. The van der Waals surface area contributed by atoms with Crippen LogP contribution in [0, 0.1) is 6.92 Å². The van der Waals surface area contributed by atoms with Crippen LogP contribution >= 0.6 is 0 Å². The van der Waals surface area contributed by atoms with Crippen molar-refractivity contribution in [2.75, 3.05) is 35.7 Å². The predicted molar refractivity (Wildman–Crippen MR) is 114 cm³/mol. The molecule has 28 heavy (non-hydrogen) atoms. The number of ether oxygens (including phenoxy) is 1. The second-order valence-corrected chi connectivity index (χ2v) is 6.91. The van der Waals surface area contributed by atoms with Gasteiger partial charge in [-0.1, -0.05) is 12.1 Å². The fourth-order valence-electron chi connectivity index (χ4n) is 3.44. The maximum Gasteiger partial charge on any atom is 0.229 e. The number of methoxy groups -OCH3 is 1. The molecule has 4 rings (SSSR count). The summed E-state index contributed by atoms with van der Waals surface area (Å²) < 4.78 is 5.39. The molecular formula is C22H25N5O. The summed E-state index contributed by atoms with van der Waals surface area (Å²) in [6.07, 6.45) is 2.56. The van der Waals surface area contributed by atoms with Gasteiger partial charge in [0, 0.05) is 36.2 Å². The van der Waals surface area contributed by atoms with Gasteiger partial charge in [0.1, 0.15) is 11.6 Å². The van der Waals surface area contributed by atoms with E-state index in [4.69, 9.17) is 4.74 Å². The minimum Gasteiger partial charge on any atom is -0.495 e. The van der Waals surface area contributed by atoms with E-state index in [1.807, 2.05) is 37.3 Å². The largest absolute Gasteiger partial charge is 0.495 e. The topological polar surface area (TPSA) is 62.3 Å². The summed E-state index contributed by atoms with van der Waals surface area (Å²) in [5.41, 5.74) is 3.99. The van der Waals surface area contributed by atoms with E-state index in [2.05, 4.69) is 49.8 Å². The molecule has 0 amide bonds. The molecule has 144 valence electrons. The van der Waals surface area contributed by atoms with Crippen LogP contribution in [-0.2, 0) is 0 Å². The molecule has 2 heterocycles. The monoisotopic (exact) mass is 375 g/mol. The molecule has 3 aromatic rings. The number of aryl methyl sites for hydroxylation is 1. The van der Waals surface area contributed by atoms with Crippen molar-refractivity contribution in [3.05, 3.63) is 60.3 Å². The molecule has 1 aliphatic rings. The number of rotatable bonds is 6. The highest BCUT2D eigenvalue weighted by atomic mass is 16.5. The average molecular weight is 375 g/mol. The molecule has 1 saturated heterocycles. The first-order valence-corrected chi connectivity index (χ1v) is 9.59. The van der Waals surface area contributed by atoms with E-state index in [9.17, 15) is 0 Å². The SMILES string of the molecule is COc1ccccc1Nc1nc(C)cc(Nc2ccc(N3CCCC3)cc2)n1. The molecule has 6 nitrogen and oxygen atoms in total. The summed E-state index contributed by atoms with van der Waals surface area (Å²) >= 11 is 0. The highest BCUT2D eigenvalue weighted by Gasteiger charge is 2.12. The smallest absolute Gasteiger partial charge is 0.229 e. The summed E-state index contributed by atoms with van der Waals surface area (Å²) in [6.45, 7) is 4.25. The van der Waals surface area contributed by atoms with Crippen molar-refractivity contribution in [2.45, 2.75) is 19.8 Å². The maximum atomic E-state index is 5.39. The lowest BCUT2D eigenvalue weighted by Gasteiger charge is -2.18. The van der Waals surface area contributed by atoms with Gasteiger partial charge in [-0.05, 0) is 56.2 Å². The number of aromatic nitrogens is 2. The van der Waals surface area contributed by atoms with Gasteiger partial charge in [-0.15, -0.1) is 0 Å². The van der Waals surface area contributed by atoms with Crippen molar-refractivity contribution in [3.63, 3.8) is 0 Å². The van der Waals surface area contributed by atoms with E-state index < -0.39 is 0 Å². The fourth-order valence-corrected chi connectivity index (χ4v) is 3.44. The van der Waals surface area contributed by atoms with Crippen molar-refractivity contribution < 1.29 is 4.74 Å². The van der Waals surface area contributed by atoms with Crippen LogP contribution in [0.25, 0.3) is 0 Å². The number of benzene rings is 2. The first-order valence-electron chi connectivity index (χ1n) is 9.59. The number of anilines is 5. The van der Waals surface area contributed by atoms with Crippen molar-refractivity contribution >= 4 is 28.8 Å². The van der Waals surface area contributed by atoms with Crippen molar-refractivity contribution in [3.8, 4) is 5.75 Å². The zero-order chi connectivity index (χ0) is 19.3. The summed E-state index contributed by atoms with van der Waals surface area (Å²) in [7, 11) is 1.65. The Balaban J connectivity index is 1.50. The standard InChI is InChI=1S/C22H25N5O/c1-16-15-21(24-17-9-11-18(12-10-17)27-13-5-6-14-27)26-22(23-16)25-19-7-3-4-8-20(19)28-2/h3-4,7-12,15H,5-6,13-14H2,1-2H3,(H2,23,24,25,26). The highest BCUT2D eigenvalue weighted by molar-refractivity contribution is 5.65. The molecule has 0 radical (unpaired) electrons. The fraction of sp³-hybridized carbons (Fsp3) is 0.273. The van der Waals surface area contributed by atoms with Crippen LogP contribution in [-0.4, -0.2) is 30.2 Å². The molecule has 6 heteroatoms. The van der Waals surface area contributed by atoms with Crippen LogP contribution in [0.3, 0.4) is 0 Å². The number of hydrogen-bond donors (Lipinski definition) is 2. The van der Waals surface area contributed by atoms with E-state index in [0.29, 0.717) is 5.95 Å². The van der Waals surface area contributed by atoms with Gasteiger partial charge in [0.2, 0.25) is 5.95 Å². The molecule has 0 unspecified atom stereocenters. The Morgan fingerprint density at radius 2 is 1.68 bits per heavy atom. The van der Waals surface area contributed by atoms with Gasteiger partial charge in [0.05, 0.1) is 12.8 Å². The molecular weight excluding hydrogens is 350 g/mol. The number of hydrogen-bond acceptors (Lipinski definition) is 6. The Morgan fingerprint density at radius 3 is 2.43 bits per heavy atom. The first kappa shape index (κ1) is 18.1. The van der Waals surface area contributed by atoms with Gasteiger partial charge in [-0.2, -0.15) is 4.98 Å². The lowest BCUT2D eigenvalue weighted by Crippen LogP contribution is -2.17. The van der Waals surface area contributed by atoms with Crippen molar-refractivity contribution in [1.29, 1.82) is 0 Å². The predicted octanol–water partition coefficient (Wildman–Crippen LogP) is 4.88. The van der Waals surface area contributed by atoms with Crippen molar-refractivity contribution in [1.82, 2.24) is 9.97 Å². The van der Waals surface area contributed by atoms with Gasteiger partial charge < -0.3 is 20.3 Å². The minimum atomic E-state index is 0.528. The average Bonchev–Trinajstić information content (AvgIpc) is 3.23. The Bertz CT molecular complexity index is 936. The van der Waals surface area contributed by atoms with E-state index in [1.165, 1.54) is 18.5 Å². The third kappa shape index (κ3) is 4.17.